The zero-order chi connectivity index (χ0) is 19.4. The van der Waals surface area contributed by atoms with Crippen molar-refractivity contribution in [2.24, 2.45) is 0 Å². The van der Waals surface area contributed by atoms with Crippen LogP contribution in [0.4, 0.5) is 18.9 Å². The first kappa shape index (κ1) is 19.7. The minimum Gasteiger partial charge on any atom is -0.497 e. The Morgan fingerprint density at radius 2 is 1.77 bits per heavy atom. The minimum atomic E-state index is -4.54. The Labute approximate surface area is 148 Å². The van der Waals surface area contributed by atoms with E-state index in [0.29, 0.717) is 5.75 Å². The molecule has 0 atom stereocenters. The topological polar surface area (TPSA) is 84.5 Å². The maximum Gasteiger partial charge on any atom is 0.416 e. The number of ether oxygens (including phenoxy) is 1. The Hall–Kier alpha value is -2.59. The summed E-state index contributed by atoms with van der Waals surface area (Å²) in [5.41, 5.74) is -1.01. The summed E-state index contributed by atoms with van der Waals surface area (Å²) in [7, 11) is -2.52. The van der Waals surface area contributed by atoms with Crippen LogP contribution in [0.15, 0.2) is 53.4 Å². The second-order valence-electron chi connectivity index (χ2n) is 5.13. The first-order valence-electron chi connectivity index (χ1n) is 7.22. The van der Waals surface area contributed by atoms with Gasteiger partial charge in [0.25, 0.3) is 0 Å². The van der Waals surface area contributed by atoms with Crippen LogP contribution in [-0.4, -0.2) is 28.0 Å². The van der Waals surface area contributed by atoms with Gasteiger partial charge in [-0.2, -0.15) is 13.2 Å². The van der Waals surface area contributed by atoms with Crippen molar-refractivity contribution in [1.82, 2.24) is 4.72 Å². The number of nitrogens with one attached hydrogen (secondary N) is 2. The van der Waals surface area contributed by atoms with E-state index in [-0.39, 0.29) is 10.6 Å². The van der Waals surface area contributed by atoms with Crippen molar-refractivity contribution in [2.75, 3.05) is 19.0 Å². The average molecular weight is 388 g/mol. The van der Waals surface area contributed by atoms with Crippen molar-refractivity contribution in [3.05, 3.63) is 54.1 Å². The van der Waals surface area contributed by atoms with Crippen LogP contribution in [0.25, 0.3) is 0 Å². The van der Waals surface area contributed by atoms with Gasteiger partial charge in [-0.15, -0.1) is 0 Å². The maximum absolute atomic E-state index is 12.6. The Morgan fingerprint density at radius 1 is 1.12 bits per heavy atom. The molecule has 0 radical (unpaired) electrons. The summed E-state index contributed by atoms with van der Waals surface area (Å²) < 4.78 is 69.1. The number of hydrogen-bond acceptors (Lipinski definition) is 4. The quantitative estimate of drug-likeness (QED) is 0.797. The molecule has 140 valence electrons. The third kappa shape index (κ3) is 5.20. The highest BCUT2D eigenvalue weighted by molar-refractivity contribution is 7.89. The highest BCUT2D eigenvalue weighted by Crippen LogP contribution is 2.30. The van der Waals surface area contributed by atoms with Gasteiger partial charge in [-0.3, -0.25) is 4.79 Å². The molecular weight excluding hydrogens is 373 g/mol. The molecular formula is C16H15F3N2O4S. The predicted octanol–water partition coefficient (Wildman–Crippen LogP) is 2.63. The maximum atomic E-state index is 12.6. The molecule has 0 bridgehead atoms. The molecule has 2 rings (SSSR count). The molecule has 0 aliphatic carbocycles. The fourth-order valence-electron chi connectivity index (χ4n) is 1.98. The monoisotopic (exact) mass is 388 g/mol. The van der Waals surface area contributed by atoms with Crippen molar-refractivity contribution in [1.29, 1.82) is 0 Å². The highest BCUT2D eigenvalue weighted by Gasteiger charge is 2.30. The van der Waals surface area contributed by atoms with Gasteiger partial charge >= 0.3 is 6.18 Å². The van der Waals surface area contributed by atoms with Gasteiger partial charge in [0.2, 0.25) is 15.9 Å². The molecule has 0 fully saturated rings. The first-order chi connectivity index (χ1) is 12.1. The van der Waals surface area contributed by atoms with E-state index in [2.05, 4.69) is 10.0 Å². The van der Waals surface area contributed by atoms with Gasteiger partial charge in [-0.1, -0.05) is 6.07 Å². The molecule has 0 saturated heterocycles. The van der Waals surface area contributed by atoms with E-state index < -0.39 is 34.2 Å². The number of carbonyl (C=O) groups is 1. The molecule has 0 spiro atoms. The lowest BCUT2D eigenvalue weighted by molar-refractivity contribution is -0.137. The molecule has 0 aliphatic rings. The van der Waals surface area contributed by atoms with E-state index in [1.54, 1.807) is 0 Å². The number of anilines is 1. The summed E-state index contributed by atoms with van der Waals surface area (Å²) >= 11 is 0. The molecule has 2 aromatic rings. The van der Waals surface area contributed by atoms with Gasteiger partial charge < -0.3 is 10.1 Å². The molecule has 10 heteroatoms. The minimum absolute atomic E-state index is 0.0785. The van der Waals surface area contributed by atoms with Crippen molar-refractivity contribution >= 4 is 21.6 Å². The summed E-state index contributed by atoms with van der Waals surface area (Å²) in [4.78, 5) is 11.7. The largest absolute Gasteiger partial charge is 0.497 e. The number of benzene rings is 2. The van der Waals surface area contributed by atoms with Crippen LogP contribution < -0.4 is 14.8 Å². The number of carbonyl (C=O) groups excluding carboxylic acids is 1. The van der Waals surface area contributed by atoms with Crippen molar-refractivity contribution in [3.8, 4) is 5.75 Å². The van der Waals surface area contributed by atoms with Gasteiger partial charge in [0, 0.05) is 5.69 Å². The van der Waals surface area contributed by atoms with Gasteiger partial charge in [0.05, 0.1) is 24.1 Å². The lowest BCUT2D eigenvalue weighted by atomic mass is 10.2. The van der Waals surface area contributed by atoms with Crippen molar-refractivity contribution in [2.45, 2.75) is 11.1 Å². The summed E-state index contributed by atoms with van der Waals surface area (Å²) in [5.74, 6) is -0.340. The molecule has 0 aromatic heterocycles. The van der Waals surface area contributed by atoms with Crippen LogP contribution in [0.3, 0.4) is 0 Å². The Balaban J connectivity index is 1.99. The molecule has 2 N–H and O–H groups in total. The second-order valence-corrected chi connectivity index (χ2v) is 6.89. The van der Waals surface area contributed by atoms with Gasteiger partial charge in [0.15, 0.2) is 0 Å². The number of sulfonamides is 1. The third-order valence-corrected chi connectivity index (χ3v) is 4.68. The molecule has 2 aromatic carbocycles. The lowest BCUT2D eigenvalue weighted by Gasteiger charge is -2.11. The fourth-order valence-corrected chi connectivity index (χ4v) is 2.96. The number of methoxy groups -OCH3 is 1. The van der Waals surface area contributed by atoms with Crippen LogP contribution in [0, 0.1) is 0 Å². The summed E-state index contributed by atoms with van der Waals surface area (Å²) in [6.07, 6.45) is -4.54. The number of halogens is 3. The van der Waals surface area contributed by atoms with Gasteiger partial charge in [-0.05, 0) is 42.5 Å². The molecule has 0 heterocycles. The summed E-state index contributed by atoms with van der Waals surface area (Å²) in [5, 5.41) is 2.21. The summed E-state index contributed by atoms with van der Waals surface area (Å²) in [6, 6.07) is 9.51. The normalized spacial score (nSPS) is 11.8. The first-order valence-corrected chi connectivity index (χ1v) is 8.71. The van der Waals surface area contributed by atoms with Crippen molar-refractivity contribution in [3.63, 3.8) is 0 Å². The van der Waals surface area contributed by atoms with E-state index in [4.69, 9.17) is 4.74 Å². The van der Waals surface area contributed by atoms with Crippen LogP contribution in [0.5, 0.6) is 5.75 Å². The highest BCUT2D eigenvalue weighted by atomic mass is 32.2. The van der Waals surface area contributed by atoms with E-state index in [0.717, 1.165) is 18.2 Å². The van der Waals surface area contributed by atoms with E-state index in [1.165, 1.54) is 37.4 Å². The fraction of sp³-hybridized carbons (Fsp3) is 0.188. The number of rotatable bonds is 6. The zero-order valence-corrected chi connectivity index (χ0v) is 14.3. The SMILES string of the molecule is COc1ccc(S(=O)(=O)NCC(=O)Nc2cccc(C(F)(F)F)c2)cc1. The van der Waals surface area contributed by atoms with Gasteiger partial charge in [0.1, 0.15) is 5.75 Å². The second kappa shape index (κ2) is 7.75. The van der Waals surface area contributed by atoms with Crippen molar-refractivity contribution < 1.29 is 31.1 Å². The van der Waals surface area contributed by atoms with Crippen LogP contribution in [0.2, 0.25) is 0 Å². The molecule has 0 aliphatic heterocycles. The number of hydrogen-bond donors (Lipinski definition) is 2. The standard InChI is InChI=1S/C16H15F3N2O4S/c1-25-13-5-7-14(8-6-13)26(23,24)20-10-15(22)21-12-4-2-3-11(9-12)16(17,18)19/h2-9,20H,10H2,1H3,(H,21,22). The molecule has 26 heavy (non-hydrogen) atoms. The smallest absolute Gasteiger partial charge is 0.416 e. The van der Waals surface area contributed by atoms with E-state index in [1.807, 2.05) is 0 Å². The number of amides is 1. The third-order valence-electron chi connectivity index (χ3n) is 3.27. The van der Waals surface area contributed by atoms with Crippen LogP contribution >= 0.6 is 0 Å². The molecule has 6 nitrogen and oxygen atoms in total. The molecule has 0 saturated carbocycles. The van der Waals surface area contributed by atoms with Crippen LogP contribution in [0.1, 0.15) is 5.56 Å². The predicted molar refractivity (Wildman–Crippen MR) is 88.3 cm³/mol. The van der Waals surface area contributed by atoms with Crippen LogP contribution in [-0.2, 0) is 21.0 Å². The summed E-state index contributed by atoms with van der Waals surface area (Å²) in [6.45, 7) is -0.634. The van der Waals surface area contributed by atoms with E-state index in [9.17, 15) is 26.4 Å². The Morgan fingerprint density at radius 3 is 2.35 bits per heavy atom. The number of alkyl halides is 3. The Bertz CT molecular complexity index is 881. The zero-order valence-electron chi connectivity index (χ0n) is 13.5. The molecule has 1 amide bonds. The van der Waals surface area contributed by atoms with E-state index >= 15 is 0 Å². The van der Waals surface area contributed by atoms with Gasteiger partial charge in [-0.25, -0.2) is 13.1 Å². The molecule has 0 unspecified atom stereocenters. The lowest BCUT2D eigenvalue weighted by Crippen LogP contribution is -2.32. The average Bonchev–Trinajstić information content (AvgIpc) is 2.60. The Kier molecular flexibility index (Phi) is 5.88.